The van der Waals surface area contributed by atoms with Gasteiger partial charge in [0, 0.05) is 25.7 Å². The van der Waals surface area contributed by atoms with E-state index in [2.05, 4.69) is 36.5 Å². The van der Waals surface area contributed by atoms with Crippen molar-refractivity contribution in [3.8, 4) is 17.5 Å². The fourth-order valence-electron chi connectivity index (χ4n) is 3.37. The van der Waals surface area contributed by atoms with E-state index in [4.69, 9.17) is 0 Å². The van der Waals surface area contributed by atoms with Crippen LogP contribution in [0, 0.1) is 0 Å². The highest BCUT2D eigenvalue weighted by molar-refractivity contribution is 5.78. The Bertz CT molecular complexity index is 1150. The van der Waals surface area contributed by atoms with Gasteiger partial charge in [-0.2, -0.15) is 9.78 Å². The van der Waals surface area contributed by atoms with Crippen molar-refractivity contribution in [2.45, 2.75) is 25.2 Å². The number of hydrogen-bond donors (Lipinski definition) is 2. The Kier molecular flexibility index (Phi) is 3.75. The van der Waals surface area contributed by atoms with E-state index >= 15 is 0 Å². The van der Waals surface area contributed by atoms with E-state index in [9.17, 15) is 4.79 Å². The smallest absolute Gasteiger partial charge is 0.231 e. The number of aromatic nitrogens is 7. The number of rotatable bonds is 5. The van der Waals surface area contributed by atoms with Crippen LogP contribution in [-0.4, -0.2) is 47.5 Å². The predicted octanol–water partition coefficient (Wildman–Crippen LogP) is 1.71. The highest BCUT2D eigenvalue weighted by Crippen LogP contribution is 2.40. The molecule has 0 unspecified atom stereocenters. The van der Waals surface area contributed by atoms with Gasteiger partial charge in [0.25, 0.3) is 0 Å². The summed E-state index contributed by atoms with van der Waals surface area (Å²) < 4.78 is 3.54. The quantitative estimate of drug-likeness (QED) is 0.551. The number of carbonyl (C=O) groups excluding carboxylic acids is 1. The van der Waals surface area contributed by atoms with E-state index in [1.807, 2.05) is 36.0 Å². The first-order valence-corrected chi connectivity index (χ1v) is 9.28. The predicted molar refractivity (Wildman–Crippen MR) is 103 cm³/mol. The second kappa shape index (κ2) is 6.29. The molecular weight excluding hydrogens is 356 g/mol. The number of amides is 1. The average molecular weight is 376 g/mol. The van der Waals surface area contributed by atoms with Crippen molar-refractivity contribution >= 4 is 16.9 Å². The van der Waals surface area contributed by atoms with Gasteiger partial charge < -0.3 is 10.3 Å². The molecular formula is C19H20N8O. The fraction of sp³-hybridized carbons (Fsp3) is 0.316. The highest BCUT2D eigenvalue weighted by Gasteiger charge is 2.29. The Labute approximate surface area is 160 Å². The van der Waals surface area contributed by atoms with Gasteiger partial charge in [0.2, 0.25) is 11.9 Å². The molecule has 1 aliphatic rings. The summed E-state index contributed by atoms with van der Waals surface area (Å²) in [6, 6.07) is 9.84. The van der Waals surface area contributed by atoms with Gasteiger partial charge in [0.1, 0.15) is 5.69 Å². The van der Waals surface area contributed by atoms with Gasteiger partial charge in [-0.15, -0.1) is 5.10 Å². The molecule has 5 rings (SSSR count). The molecule has 3 heterocycles. The Hall–Kier alpha value is -3.49. The molecule has 1 aliphatic carbocycles. The molecule has 9 nitrogen and oxygen atoms in total. The van der Waals surface area contributed by atoms with E-state index in [1.54, 1.807) is 11.7 Å². The van der Waals surface area contributed by atoms with Crippen LogP contribution in [0.15, 0.2) is 30.3 Å². The van der Waals surface area contributed by atoms with E-state index < -0.39 is 0 Å². The number of benzene rings is 1. The van der Waals surface area contributed by atoms with Crippen LogP contribution >= 0.6 is 0 Å². The molecule has 2 N–H and O–H groups in total. The molecule has 0 atom stereocenters. The Balaban J connectivity index is 1.63. The normalized spacial score (nSPS) is 13.9. The number of carbonyl (C=O) groups is 1. The van der Waals surface area contributed by atoms with Gasteiger partial charge in [0.05, 0.1) is 17.5 Å². The van der Waals surface area contributed by atoms with E-state index in [0.29, 0.717) is 23.5 Å². The lowest BCUT2D eigenvalue weighted by molar-refractivity contribution is -0.120. The zero-order valence-corrected chi connectivity index (χ0v) is 15.7. The largest absolute Gasteiger partial charge is 0.359 e. The highest BCUT2D eigenvalue weighted by atomic mass is 16.1. The summed E-state index contributed by atoms with van der Waals surface area (Å²) in [5.74, 6) is 1.96. The summed E-state index contributed by atoms with van der Waals surface area (Å²) in [6.07, 6.45) is 2.48. The molecule has 1 saturated carbocycles. The molecule has 1 amide bonds. The van der Waals surface area contributed by atoms with Crippen LogP contribution in [0.5, 0.6) is 0 Å². The van der Waals surface area contributed by atoms with Gasteiger partial charge in [-0.05, 0) is 31.0 Å². The molecule has 4 aromatic rings. The molecule has 0 radical (unpaired) electrons. The summed E-state index contributed by atoms with van der Waals surface area (Å²) >= 11 is 0. The van der Waals surface area contributed by atoms with Crippen molar-refractivity contribution in [2.24, 2.45) is 7.05 Å². The van der Waals surface area contributed by atoms with Crippen LogP contribution in [-0.2, 0) is 18.3 Å². The van der Waals surface area contributed by atoms with E-state index in [-0.39, 0.29) is 12.3 Å². The lowest BCUT2D eigenvalue weighted by atomic mass is 10.2. The zero-order valence-electron chi connectivity index (χ0n) is 15.7. The van der Waals surface area contributed by atoms with Gasteiger partial charge in [-0.25, -0.2) is 9.97 Å². The van der Waals surface area contributed by atoms with Gasteiger partial charge >= 0.3 is 0 Å². The summed E-state index contributed by atoms with van der Waals surface area (Å²) in [4.78, 5) is 24.3. The first-order valence-electron chi connectivity index (χ1n) is 9.28. The molecule has 1 aromatic carbocycles. The Morgan fingerprint density at radius 1 is 1.25 bits per heavy atom. The molecule has 0 aliphatic heterocycles. The van der Waals surface area contributed by atoms with E-state index in [0.717, 1.165) is 16.7 Å². The number of likely N-dealkylation sites (N-methyl/N-ethyl adjacent to an activating group) is 1. The zero-order chi connectivity index (χ0) is 19.3. The standard InChI is InChI=1S/C19H20N8O/c1-20-17(28)10-16-23-18(14-9-15(11-7-8-11)26(2)24-14)27(25-16)19-21-12-5-3-4-6-13(12)22-19/h3-6,9,11H,7-8,10H2,1-2H3,(H,20,28)(H,21,22). The maximum atomic E-state index is 11.8. The molecule has 28 heavy (non-hydrogen) atoms. The number of fused-ring (bicyclic) bond motifs is 1. The van der Waals surface area contributed by atoms with Crippen LogP contribution in [0.3, 0.4) is 0 Å². The Morgan fingerprint density at radius 3 is 2.82 bits per heavy atom. The van der Waals surface area contributed by atoms with Crippen molar-refractivity contribution in [1.29, 1.82) is 0 Å². The second-order valence-corrected chi connectivity index (χ2v) is 7.04. The molecule has 3 aromatic heterocycles. The van der Waals surface area contributed by atoms with Crippen molar-refractivity contribution in [3.05, 3.63) is 41.9 Å². The topological polar surface area (TPSA) is 106 Å². The first-order chi connectivity index (χ1) is 13.6. The Morgan fingerprint density at radius 2 is 2.07 bits per heavy atom. The molecule has 1 fully saturated rings. The maximum absolute atomic E-state index is 11.8. The minimum atomic E-state index is -0.145. The van der Waals surface area contributed by atoms with Crippen LogP contribution in [0.25, 0.3) is 28.5 Å². The van der Waals surface area contributed by atoms with Crippen molar-refractivity contribution in [3.63, 3.8) is 0 Å². The number of para-hydroxylation sites is 2. The van der Waals surface area contributed by atoms with Gasteiger partial charge in [-0.3, -0.25) is 9.48 Å². The summed E-state index contributed by atoms with van der Waals surface area (Å²) in [6.45, 7) is 0. The van der Waals surface area contributed by atoms with Crippen LogP contribution in [0.1, 0.15) is 30.3 Å². The van der Waals surface area contributed by atoms with Crippen LogP contribution in [0.4, 0.5) is 0 Å². The number of H-pyrrole nitrogens is 1. The third kappa shape index (κ3) is 2.84. The number of hydrogen-bond acceptors (Lipinski definition) is 5. The van der Waals surface area contributed by atoms with E-state index in [1.165, 1.54) is 18.5 Å². The van der Waals surface area contributed by atoms with Gasteiger partial charge in [0.15, 0.2) is 11.6 Å². The second-order valence-electron chi connectivity index (χ2n) is 7.04. The van der Waals surface area contributed by atoms with Crippen molar-refractivity contribution in [1.82, 2.24) is 39.8 Å². The number of nitrogens with zero attached hydrogens (tertiary/aromatic N) is 6. The van der Waals surface area contributed by atoms with Crippen molar-refractivity contribution < 1.29 is 4.79 Å². The van der Waals surface area contributed by atoms with Crippen molar-refractivity contribution in [2.75, 3.05) is 7.05 Å². The lowest BCUT2D eigenvalue weighted by Gasteiger charge is -1.99. The summed E-state index contributed by atoms with van der Waals surface area (Å²) in [5.41, 5.74) is 3.67. The number of aromatic amines is 1. The lowest BCUT2D eigenvalue weighted by Crippen LogP contribution is -2.20. The van der Waals surface area contributed by atoms with Crippen LogP contribution < -0.4 is 5.32 Å². The minimum Gasteiger partial charge on any atom is -0.359 e. The minimum absolute atomic E-state index is 0.0963. The van der Waals surface area contributed by atoms with Crippen LogP contribution in [0.2, 0.25) is 0 Å². The third-order valence-electron chi connectivity index (χ3n) is 4.97. The SMILES string of the molecule is CNC(=O)Cc1nc(-c2cc(C3CC3)n(C)n2)n(-c2nc3ccccc3[nH]2)n1. The molecule has 0 spiro atoms. The molecule has 9 heteroatoms. The maximum Gasteiger partial charge on any atom is 0.231 e. The third-order valence-corrected chi connectivity index (χ3v) is 4.97. The average Bonchev–Trinajstić information content (AvgIpc) is 3.13. The summed E-state index contributed by atoms with van der Waals surface area (Å²) in [7, 11) is 3.55. The molecule has 0 saturated heterocycles. The summed E-state index contributed by atoms with van der Waals surface area (Å²) in [5, 5.41) is 11.8. The number of aryl methyl sites for hydroxylation is 1. The first kappa shape index (κ1) is 16.7. The molecule has 0 bridgehead atoms. The monoisotopic (exact) mass is 376 g/mol. The number of nitrogens with one attached hydrogen (secondary N) is 2. The number of imidazole rings is 1. The fourth-order valence-corrected chi connectivity index (χ4v) is 3.37. The molecule has 142 valence electrons. The van der Waals surface area contributed by atoms with Gasteiger partial charge in [-0.1, -0.05) is 12.1 Å².